The van der Waals surface area contributed by atoms with Gasteiger partial charge in [-0.2, -0.15) is 4.98 Å². The van der Waals surface area contributed by atoms with Crippen molar-refractivity contribution in [1.29, 1.82) is 0 Å². The highest BCUT2D eigenvalue weighted by Crippen LogP contribution is 2.22. The maximum atomic E-state index is 11.9. The molecule has 0 fully saturated rings. The number of rotatable bonds is 8. The highest BCUT2D eigenvalue weighted by Gasteiger charge is 2.18. The molecule has 1 amide bonds. The minimum atomic E-state index is -0.575. The highest BCUT2D eigenvalue weighted by molar-refractivity contribution is 5.81. The zero-order valence-corrected chi connectivity index (χ0v) is 16.0. The lowest BCUT2D eigenvalue weighted by Crippen LogP contribution is -2.43. The normalized spacial score (nSPS) is 12.2. The van der Waals surface area contributed by atoms with E-state index in [4.69, 9.17) is 19.4 Å². The lowest BCUT2D eigenvalue weighted by Gasteiger charge is -2.14. The summed E-state index contributed by atoms with van der Waals surface area (Å²) in [6.07, 6.45) is 1.90. The van der Waals surface area contributed by atoms with Crippen molar-refractivity contribution in [3.05, 3.63) is 47.9 Å². The van der Waals surface area contributed by atoms with Crippen LogP contribution in [-0.2, 0) is 17.8 Å². The van der Waals surface area contributed by atoms with Gasteiger partial charge in [-0.15, -0.1) is 0 Å². The molecular formula is C19H23N5O4. The fraction of sp³-hybridized carbons (Fsp3) is 0.368. The van der Waals surface area contributed by atoms with E-state index in [1.807, 2.05) is 38.1 Å². The van der Waals surface area contributed by atoms with Crippen molar-refractivity contribution >= 4 is 5.91 Å². The lowest BCUT2D eigenvalue weighted by molar-refractivity contribution is -0.123. The van der Waals surface area contributed by atoms with Crippen LogP contribution in [0.15, 0.2) is 39.5 Å². The van der Waals surface area contributed by atoms with E-state index in [-0.39, 0.29) is 18.4 Å². The van der Waals surface area contributed by atoms with E-state index >= 15 is 0 Å². The van der Waals surface area contributed by atoms with Crippen molar-refractivity contribution in [2.75, 3.05) is 7.11 Å². The molecule has 1 aromatic carbocycles. The summed E-state index contributed by atoms with van der Waals surface area (Å²) in [6, 6.07) is 6.83. The molecule has 3 aromatic rings. The van der Waals surface area contributed by atoms with Crippen molar-refractivity contribution in [2.45, 2.75) is 32.9 Å². The molecule has 1 atom stereocenters. The molecule has 0 aliphatic carbocycles. The molecule has 0 saturated carbocycles. The van der Waals surface area contributed by atoms with Crippen LogP contribution in [0.3, 0.4) is 0 Å². The van der Waals surface area contributed by atoms with Gasteiger partial charge in [0, 0.05) is 5.56 Å². The van der Waals surface area contributed by atoms with Crippen molar-refractivity contribution < 1.29 is 18.5 Å². The SMILES string of the molecule is COc1ccc(-c2nc(Cc3noc(CNC(=O)[C@@H](N)C(C)C)n3)co2)cc1. The van der Waals surface area contributed by atoms with Crippen LogP contribution in [0.1, 0.15) is 31.3 Å². The first-order chi connectivity index (χ1) is 13.5. The average Bonchev–Trinajstić information content (AvgIpc) is 3.35. The Morgan fingerprint density at radius 2 is 2.00 bits per heavy atom. The number of nitrogens with two attached hydrogens (primary N) is 1. The Bertz CT molecular complexity index is 917. The van der Waals surface area contributed by atoms with Gasteiger partial charge < -0.3 is 24.7 Å². The fourth-order valence-electron chi connectivity index (χ4n) is 2.43. The summed E-state index contributed by atoms with van der Waals surface area (Å²) in [5.74, 6) is 1.80. The van der Waals surface area contributed by atoms with Crippen molar-refractivity contribution in [1.82, 2.24) is 20.4 Å². The number of benzene rings is 1. The second-order valence-corrected chi connectivity index (χ2v) is 6.64. The maximum Gasteiger partial charge on any atom is 0.246 e. The van der Waals surface area contributed by atoms with E-state index in [1.54, 1.807) is 13.4 Å². The van der Waals surface area contributed by atoms with E-state index in [9.17, 15) is 4.79 Å². The van der Waals surface area contributed by atoms with Gasteiger partial charge in [0.25, 0.3) is 0 Å². The molecule has 9 nitrogen and oxygen atoms in total. The van der Waals surface area contributed by atoms with Gasteiger partial charge in [0.2, 0.25) is 17.7 Å². The van der Waals surface area contributed by atoms with Crippen LogP contribution in [0.5, 0.6) is 5.75 Å². The van der Waals surface area contributed by atoms with Gasteiger partial charge >= 0.3 is 0 Å². The smallest absolute Gasteiger partial charge is 0.246 e. The molecule has 3 rings (SSSR count). The first-order valence-corrected chi connectivity index (χ1v) is 8.90. The Labute approximate surface area is 162 Å². The molecule has 9 heteroatoms. The second-order valence-electron chi connectivity index (χ2n) is 6.64. The summed E-state index contributed by atoms with van der Waals surface area (Å²) in [6.45, 7) is 3.89. The van der Waals surface area contributed by atoms with Crippen molar-refractivity contribution in [2.24, 2.45) is 11.7 Å². The van der Waals surface area contributed by atoms with Gasteiger partial charge in [-0.1, -0.05) is 19.0 Å². The Balaban J connectivity index is 1.58. The number of carbonyl (C=O) groups excluding carboxylic acids is 1. The predicted molar refractivity (Wildman–Crippen MR) is 100 cm³/mol. The highest BCUT2D eigenvalue weighted by atomic mass is 16.5. The van der Waals surface area contributed by atoms with Crippen LogP contribution in [0, 0.1) is 5.92 Å². The standard InChI is InChI=1S/C19H23N5O4/c1-11(2)17(20)18(25)21-9-16-23-15(24-28-16)8-13-10-27-19(22-13)12-4-6-14(26-3)7-5-12/h4-7,10-11,17H,8-9,20H2,1-3H3,(H,21,25)/t17-/m0/s1. The summed E-state index contributed by atoms with van der Waals surface area (Å²) in [4.78, 5) is 20.6. The van der Waals surface area contributed by atoms with E-state index in [2.05, 4.69) is 20.4 Å². The van der Waals surface area contributed by atoms with Gasteiger partial charge in [0.1, 0.15) is 12.0 Å². The van der Waals surface area contributed by atoms with Crippen LogP contribution >= 0.6 is 0 Å². The van der Waals surface area contributed by atoms with E-state index in [0.717, 1.165) is 11.3 Å². The fourth-order valence-corrected chi connectivity index (χ4v) is 2.43. The number of amides is 1. The van der Waals surface area contributed by atoms with Gasteiger partial charge in [-0.05, 0) is 30.2 Å². The largest absolute Gasteiger partial charge is 0.497 e. The molecule has 28 heavy (non-hydrogen) atoms. The number of hydrogen-bond acceptors (Lipinski definition) is 8. The minimum absolute atomic E-state index is 0.0466. The molecule has 2 heterocycles. The number of ether oxygens (including phenoxy) is 1. The van der Waals surface area contributed by atoms with Crippen LogP contribution in [-0.4, -0.2) is 34.2 Å². The number of methoxy groups -OCH3 is 1. The van der Waals surface area contributed by atoms with Crippen molar-refractivity contribution in [3.63, 3.8) is 0 Å². The first kappa shape index (κ1) is 19.6. The Hall–Kier alpha value is -3.20. The number of hydrogen-bond donors (Lipinski definition) is 2. The van der Waals surface area contributed by atoms with E-state index in [0.29, 0.717) is 29.7 Å². The van der Waals surface area contributed by atoms with Crippen molar-refractivity contribution in [3.8, 4) is 17.2 Å². The van der Waals surface area contributed by atoms with Crippen LogP contribution in [0.25, 0.3) is 11.5 Å². The van der Waals surface area contributed by atoms with Crippen LogP contribution in [0.4, 0.5) is 0 Å². The number of nitrogens with one attached hydrogen (secondary N) is 1. The number of aromatic nitrogens is 3. The zero-order chi connectivity index (χ0) is 20.1. The summed E-state index contributed by atoms with van der Waals surface area (Å²) in [5.41, 5.74) is 7.30. The average molecular weight is 385 g/mol. The molecule has 0 aliphatic rings. The molecular weight excluding hydrogens is 362 g/mol. The summed E-state index contributed by atoms with van der Waals surface area (Å²) in [7, 11) is 1.61. The Kier molecular flexibility index (Phi) is 6.05. The number of nitrogens with zero attached hydrogens (tertiary/aromatic N) is 3. The third-order valence-electron chi connectivity index (χ3n) is 4.17. The quantitative estimate of drug-likeness (QED) is 0.602. The predicted octanol–water partition coefficient (Wildman–Crippen LogP) is 1.92. The lowest BCUT2D eigenvalue weighted by atomic mass is 10.1. The molecule has 0 saturated heterocycles. The Morgan fingerprint density at radius 1 is 1.25 bits per heavy atom. The number of oxazole rings is 1. The zero-order valence-electron chi connectivity index (χ0n) is 16.0. The monoisotopic (exact) mass is 385 g/mol. The summed E-state index contributed by atoms with van der Waals surface area (Å²) >= 11 is 0. The summed E-state index contributed by atoms with van der Waals surface area (Å²) < 4.78 is 15.8. The molecule has 0 unspecified atom stereocenters. The third-order valence-corrected chi connectivity index (χ3v) is 4.17. The minimum Gasteiger partial charge on any atom is -0.497 e. The second kappa shape index (κ2) is 8.66. The van der Waals surface area contributed by atoms with Gasteiger partial charge in [0.15, 0.2) is 5.82 Å². The molecule has 0 radical (unpaired) electrons. The molecule has 0 spiro atoms. The topological polar surface area (TPSA) is 129 Å². The maximum absolute atomic E-state index is 11.9. The molecule has 0 bridgehead atoms. The summed E-state index contributed by atoms with van der Waals surface area (Å²) in [5, 5.41) is 6.59. The van der Waals surface area contributed by atoms with Crippen LogP contribution in [0.2, 0.25) is 0 Å². The Morgan fingerprint density at radius 3 is 2.68 bits per heavy atom. The first-order valence-electron chi connectivity index (χ1n) is 8.90. The van der Waals surface area contributed by atoms with Gasteiger partial charge in [-0.25, -0.2) is 4.98 Å². The van der Waals surface area contributed by atoms with E-state index < -0.39 is 6.04 Å². The molecule has 0 aliphatic heterocycles. The van der Waals surface area contributed by atoms with E-state index in [1.165, 1.54) is 0 Å². The van der Waals surface area contributed by atoms with Crippen LogP contribution < -0.4 is 15.8 Å². The third kappa shape index (κ3) is 4.74. The number of carbonyl (C=O) groups is 1. The van der Waals surface area contributed by atoms with Gasteiger partial charge in [-0.3, -0.25) is 4.79 Å². The molecule has 2 aromatic heterocycles. The molecule has 148 valence electrons. The van der Waals surface area contributed by atoms with Gasteiger partial charge in [0.05, 0.1) is 31.8 Å². The molecule has 3 N–H and O–H groups in total.